The zero-order valence-electron chi connectivity index (χ0n) is 8.73. The second-order valence-electron chi connectivity index (χ2n) is 3.26. The monoisotopic (exact) mass is 233 g/mol. The Bertz CT molecular complexity index is 482. The topological polar surface area (TPSA) is 54.0 Å². The maximum atomic E-state index is 11.6. The molecule has 2 rings (SSSR count). The number of rotatable bonds is 3. The van der Waals surface area contributed by atoms with E-state index in [0.717, 1.165) is 5.69 Å². The van der Waals surface area contributed by atoms with Gasteiger partial charge in [0.25, 0.3) is 5.91 Å². The van der Waals surface area contributed by atoms with Gasteiger partial charge in [-0.1, -0.05) is 6.07 Å². The molecule has 1 amide bonds. The van der Waals surface area contributed by atoms with Crippen LogP contribution in [0.4, 0.5) is 5.82 Å². The van der Waals surface area contributed by atoms with Crippen molar-refractivity contribution < 1.29 is 4.79 Å². The summed E-state index contributed by atoms with van der Waals surface area (Å²) in [6.07, 6.45) is 0. The molecular formula is C11H11N3OS. The first-order valence-electron chi connectivity index (χ1n) is 4.78. The minimum Gasteiger partial charge on any atom is -0.282 e. The van der Waals surface area contributed by atoms with Crippen LogP contribution in [0.5, 0.6) is 0 Å². The average Bonchev–Trinajstić information content (AvgIpc) is 2.79. The first-order chi connectivity index (χ1) is 7.75. The van der Waals surface area contributed by atoms with E-state index in [0.29, 0.717) is 11.4 Å². The largest absolute Gasteiger partial charge is 0.282 e. The molecule has 2 aromatic rings. The summed E-state index contributed by atoms with van der Waals surface area (Å²) >= 11 is 1.49. The summed E-state index contributed by atoms with van der Waals surface area (Å²) in [6.45, 7) is 1.89. The molecule has 0 saturated heterocycles. The zero-order chi connectivity index (χ0) is 11.4. The van der Waals surface area contributed by atoms with E-state index in [1.807, 2.05) is 24.4 Å². The van der Waals surface area contributed by atoms with Crippen molar-refractivity contribution in [2.24, 2.45) is 0 Å². The summed E-state index contributed by atoms with van der Waals surface area (Å²) < 4.78 is 0. The van der Waals surface area contributed by atoms with Gasteiger partial charge in [-0.3, -0.25) is 15.6 Å². The Labute approximate surface area is 97.3 Å². The van der Waals surface area contributed by atoms with Crippen LogP contribution < -0.4 is 10.9 Å². The second-order valence-corrected chi connectivity index (χ2v) is 4.04. The van der Waals surface area contributed by atoms with Gasteiger partial charge in [0.1, 0.15) is 5.82 Å². The molecule has 0 aromatic carbocycles. The molecule has 0 atom stereocenters. The van der Waals surface area contributed by atoms with E-state index in [9.17, 15) is 4.79 Å². The van der Waals surface area contributed by atoms with Gasteiger partial charge in [-0.25, -0.2) is 4.98 Å². The van der Waals surface area contributed by atoms with Crippen LogP contribution in [0.15, 0.2) is 35.0 Å². The minimum atomic E-state index is -0.162. The average molecular weight is 233 g/mol. The Morgan fingerprint density at radius 3 is 2.94 bits per heavy atom. The SMILES string of the molecule is Cc1cccc(NNC(=O)c2ccsc2)n1. The Balaban J connectivity index is 1.95. The molecule has 0 saturated carbocycles. The molecule has 4 nitrogen and oxygen atoms in total. The minimum absolute atomic E-state index is 0.162. The summed E-state index contributed by atoms with van der Waals surface area (Å²) in [4.78, 5) is 15.8. The van der Waals surface area contributed by atoms with E-state index in [1.165, 1.54) is 11.3 Å². The quantitative estimate of drug-likeness (QED) is 0.799. The normalized spacial score (nSPS) is 9.81. The molecule has 0 radical (unpaired) electrons. The van der Waals surface area contributed by atoms with E-state index in [4.69, 9.17) is 0 Å². The van der Waals surface area contributed by atoms with Gasteiger partial charge in [0, 0.05) is 11.1 Å². The van der Waals surface area contributed by atoms with E-state index < -0.39 is 0 Å². The van der Waals surface area contributed by atoms with Crippen LogP contribution in [-0.2, 0) is 0 Å². The Hall–Kier alpha value is -1.88. The van der Waals surface area contributed by atoms with Crippen molar-refractivity contribution in [3.8, 4) is 0 Å². The first kappa shape index (κ1) is 10.6. The third kappa shape index (κ3) is 2.58. The number of hydrogen-bond donors (Lipinski definition) is 2. The van der Waals surface area contributed by atoms with E-state index in [2.05, 4.69) is 15.8 Å². The highest BCUT2D eigenvalue weighted by atomic mass is 32.1. The lowest BCUT2D eigenvalue weighted by atomic mass is 10.3. The summed E-state index contributed by atoms with van der Waals surface area (Å²) in [6, 6.07) is 7.33. The number of nitrogens with one attached hydrogen (secondary N) is 2. The van der Waals surface area contributed by atoms with Crippen LogP contribution in [0, 0.1) is 6.92 Å². The number of carbonyl (C=O) groups excluding carboxylic acids is 1. The maximum Gasteiger partial charge on any atom is 0.270 e. The Morgan fingerprint density at radius 1 is 1.38 bits per heavy atom. The fourth-order valence-corrected chi connectivity index (χ4v) is 1.84. The van der Waals surface area contributed by atoms with Crippen molar-refractivity contribution in [3.63, 3.8) is 0 Å². The van der Waals surface area contributed by atoms with Crippen molar-refractivity contribution in [1.82, 2.24) is 10.4 Å². The number of amides is 1. The van der Waals surface area contributed by atoms with Crippen molar-refractivity contribution in [2.45, 2.75) is 6.92 Å². The summed E-state index contributed by atoms with van der Waals surface area (Å²) in [5.74, 6) is 0.466. The van der Waals surface area contributed by atoms with Gasteiger partial charge in [0.2, 0.25) is 0 Å². The predicted octanol–water partition coefficient (Wildman–Crippen LogP) is 2.21. The molecule has 2 N–H and O–H groups in total. The molecule has 0 aliphatic carbocycles. The fourth-order valence-electron chi connectivity index (χ4n) is 1.20. The molecule has 0 spiro atoms. The number of hydrazine groups is 1. The molecule has 16 heavy (non-hydrogen) atoms. The van der Waals surface area contributed by atoms with Crippen molar-refractivity contribution in [2.75, 3.05) is 5.43 Å². The first-order valence-corrected chi connectivity index (χ1v) is 5.72. The fraction of sp³-hybridized carbons (Fsp3) is 0.0909. The van der Waals surface area contributed by atoms with Crippen molar-refractivity contribution in [1.29, 1.82) is 0 Å². The lowest BCUT2D eigenvalue weighted by molar-refractivity contribution is 0.0963. The van der Waals surface area contributed by atoms with Crippen LogP contribution in [0.2, 0.25) is 0 Å². The second kappa shape index (κ2) is 4.76. The molecule has 5 heteroatoms. The molecule has 82 valence electrons. The van der Waals surface area contributed by atoms with Crippen LogP contribution in [-0.4, -0.2) is 10.9 Å². The lowest BCUT2D eigenvalue weighted by Gasteiger charge is -2.06. The van der Waals surface area contributed by atoms with Crippen LogP contribution in [0.3, 0.4) is 0 Å². The van der Waals surface area contributed by atoms with Gasteiger partial charge in [-0.05, 0) is 30.5 Å². The number of carbonyl (C=O) groups is 1. The third-order valence-corrected chi connectivity index (χ3v) is 2.66. The van der Waals surface area contributed by atoms with Crippen LogP contribution in [0.25, 0.3) is 0 Å². The van der Waals surface area contributed by atoms with Gasteiger partial charge in [0.15, 0.2) is 0 Å². The lowest BCUT2D eigenvalue weighted by Crippen LogP contribution is -2.29. The molecule has 0 aliphatic heterocycles. The highest BCUT2D eigenvalue weighted by Gasteiger charge is 2.04. The molecule has 0 aliphatic rings. The number of anilines is 1. The van der Waals surface area contributed by atoms with E-state index in [1.54, 1.807) is 17.5 Å². The molecule has 0 bridgehead atoms. The van der Waals surface area contributed by atoms with Gasteiger partial charge in [0.05, 0.1) is 5.56 Å². The molecule has 0 unspecified atom stereocenters. The molecule has 0 fully saturated rings. The maximum absolute atomic E-state index is 11.6. The van der Waals surface area contributed by atoms with Crippen LogP contribution in [0.1, 0.15) is 16.1 Å². The van der Waals surface area contributed by atoms with Gasteiger partial charge in [-0.15, -0.1) is 0 Å². The van der Waals surface area contributed by atoms with Crippen molar-refractivity contribution >= 4 is 23.1 Å². The Kier molecular flexibility index (Phi) is 3.16. The summed E-state index contributed by atoms with van der Waals surface area (Å²) in [5.41, 5.74) is 6.89. The number of pyridine rings is 1. The van der Waals surface area contributed by atoms with E-state index >= 15 is 0 Å². The van der Waals surface area contributed by atoms with Gasteiger partial charge < -0.3 is 0 Å². The predicted molar refractivity (Wildman–Crippen MR) is 64.4 cm³/mol. The van der Waals surface area contributed by atoms with Gasteiger partial charge in [-0.2, -0.15) is 11.3 Å². The van der Waals surface area contributed by atoms with E-state index in [-0.39, 0.29) is 5.91 Å². The van der Waals surface area contributed by atoms with Crippen LogP contribution >= 0.6 is 11.3 Å². The number of hydrogen-bond acceptors (Lipinski definition) is 4. The zero-order valence-corrected chi connectivity index (χ0v) is 9.54. The third-order valence-electron chi connectivity index (χ3n) is 1.98. The summed E-state index contributed by atoms with van der Waals surface area (Å²) in [7, 11) is 0. The number of nitrogens with zero attached hydrogens (tertiary/aromatic N) is 1. The number of thiophene rings is 1. The summed E-state index contributed by atoms with van der Waals surface area (Å²) in [5, 5.41) is 3.65. The van der Waals surface area contributed by atoms with Crippen molar-refractivity contribution in [3.05, 3.63) is 46.3 Å². The molecular weight excluding hydrogens is 222 g/mol. The molecule has 2 aromatic heterocycles. The van der Waals surface area contributed by atoms with Gasteiger partial charge >= 0.3 is 0 Å². The number of aryl methyl sites for hydroxylation is 1. The highest BCUT2D eigenvalue weighted by Crippen LogP contribution is 2.06. The molecule has 2 heterocycles. The highest BCUT2D eigenvalue weighted by molar-refractivity contribution is 7.08. The standard InChI is InChI=1S/C11H11N3OS/c1-8-3-2-4-10(12-8)13-14-11(15)9-5-6-16-7-9/h2-7H,1H3,(H,12,13)(H,14,15). The smallest absolute Gasteiger partial charge is 0.270 e. The Morgan fingerprint density at radius 2 is 2.25 bits per heavy atom. The number of aromatic nitrogens is 1.